The molecule has 5 nitrogen and oxygen atoms in total. The molecule has 2 aliphatic rings. The summed E-state index contributed by atoms with van der Waals surface area (Å²) >= 11 is 3.88. The summed E-state index contributed by atoms with van der Waals surface area (Å²) in [7, 11) is 0. The molecule has 21 heavy (non-hydrogen) atoms. The Balaban J connectivity index is 1.78. The van der Waals surface area contributed by atoms with Crippen molar-refractivity contribution in [3.05, 3.63) is 0 Å². The highest BCUT2D eigenvalue weighted by Crippen LogP contribution is 2.14. The molecule has 2 heterocycles. The number of hydrogen-bond donors (Lipinski definition) is 1. The van der Waals surface area contributed by atoms with Crippen molar-refractivity contribution in [1.82, 2.24) is 14.7 Å². The van der Waals surface area contributed by atoms with Crippen LogP contribution in [0.2, 0.25) is 0 Å². The minimum atomic E-state index is -0.232. The van der Waals surface area contributed by atoms with Crippen molar-refractivity contribution in [2.45, 2.75) is 32.6 Å². The van der Waals surface area contributed by atoms with Gasteiger partial charge in [-0.3, -0.25) is 9.59 Å². The van der Waals surface area contributed by atoms with Gasteiger partial charge in [-0.05, 0) is 38.9 Å². The van der Waals surface area contributed by atoms with Gasteiger partial charge in [-0.2, -0.15) is 0 Å². The Labute approximate surface area is 133 Å². The predicted octanol–water partition coefficient (Wildman–Crippen LogP) is 1.69. The molecule has 0 radical (unpaired) electrons. The Kier molecular flexibility index (Phi) is 6.36. The summed E-state index contributed by atoms with van der Waals surface area (Å²) in [6.07, 6.45) is 4.98. The molecule has 0 spiro atoms. The average molecular weight is 313 g/mol. The zero-order valence-corrected chi connectivity index (χ0v) is 13.9. The first kappa shape index (κ1) is 16.6. The third-order valence-electron chi connectivity index (χ3n) is 4.49. The first-order chi connectivity index (χ1) is 10.1. The van der Waals surface area contributed by atoms with E-state index in [2.05, 4.69) is 17.5 Å². The van der Waals surface area contributed by atoms with Crippen LogP contribution in [0.3, 0.4) is 0 Å². The van der Waals surface area contributed by atoms with E-state index < -0.39 is 0 Å². The zero-order valence-electron chi connectivity index (χ0n) is 13.0. The summed E-state index contributed by atoms with van der Waals surface area (Å²) in [5.41, 5.74) is 0. The van der Waals surface area contributed by atoms with E-state index in [9.17, 15) is 9.59 Å². The van der Waals surface area contributed by atoms with Crippen molar-refractivity contribution in [2.24, 2.45) is 5.92 Å². The molecule has 2 saturated heterocycles. The van der Waals surface area contributed by atoms with Gasteiger partial charge in [0.05, 0.1) is 5.92 Å². The molecule has 0 aliphatic carbocycles. The van der Waals surface area contributed by atoms with Crippen LogP contribution in [0.15, 0.2) is 0 Å². The molecule has 0 N–H and O–H groups in total. The molecule has 1 atom stereocenters. The lowest BCUT2D eigenvalue weighted by Crippen LogP contribution is -2.38. The first-order valence-electron chi connectivity index (χ1n) is 8.07. The smallest absolute Gasteiger partial charge is 0.278 e. The first-order valence-corrected chi connectivity index (χ1v) is 8.51. The second kappa shape index (κ2) is 8.03. The maximum Gasteiger partial charge on any atom is 0.278 e. The van der Waals surface area contributed by atoms with Gasteiger partial charge < -0.3 is 14.7 Å². The van der Waals surface area contributed by atoms with Crippen LogP contribution in [-0.4, -0.2) is 71.7 Å². The standard InChI is InChI=1S/C15H27N3O2S/c1-13-12-18(15(20)21)11-10-17(14(13)19)9-5-8-16-6-3-2-4-7-16/h13H,2-12H2,1H3,(H,20,21). The van der Waals surface area contributed by atoms with Crippen molar-refractivity contribution >= 4 is 23.8 Å². The highest BCUT2D eigenvalue weighted by molar-refractivity contribution is 7.96. The maximum absolute atomic E-state index is 12.3. The Morgan fingerprint density at radius 3 is 2.52 bits per heavy atom. The number of piperidine rings is 1. The third kappa shape index (κ3) is 4.88. The molecule has 2 fully saturated rings. The summed E-state index contributed by atoms with van der Waals surface area (Å²) in [5.74, 6) is 0.0457. The topological polar surface area (TPSA) is 43.9 Å². The Bertz CT molecular complexity index is 372. The van der Waals surface area contributed by atoms with Crippen LogP contribution < -0.4 is 0 Å². The van der Waals surface area contributed by atoms with Crippen LogP contribution in [0.5, 0.6) is 0 Å². The molecule has 6 heteroatoms. The number of nitrogens with zero attached hydrogens (tertiary/aromatic N) is 3. The van der Waals surface area contributed by atoms with E-state index in [0.717, 1.165) is 19.5 Å². The maximum atomic E-state index is 12.3. The number of carbonyl (C=O) groups is 2. The Hall–Kier alpha value is -0.750. The monoisotopic (exact) mass is 313 g/mol. The lowest BCUT2D eigenvalue weighted by Gasteiger charge is -2.28. The molecule has 2 aliphatic heterocycles. The number of rotatable bonds is 4. The van der Waals surface area contributed by atoms with Crippen LogP contribution in [0.4, 0.5) is 4.79 Å². The van der Waals surface area contributed by atoms with Gasteiger partial charge in [-0.25, -0.2) is 0 Å². The molecule has 2 rings (SSSR count). The normalized spacial score (nSPS) is 25.0. The van der Waals surface area contributed by atoms with Gasteiger partial charge in [-0.15, -0.1) is 0 Å². The molecule has 0 saturated carbocycles. The van der Waals surface area contributed by atoms with Crippen LogP contribution >= 0.6 is 12.6 Å². The predicted molar refractivity (Wildman–Crippen MR) is 86.6 cm³/mol. The fourth-order valence-corrected chi connectivity index (χ4v) is 3.41. The minimum absolute atomic E-state index is 0.126. The lowest BCUT2D eigenvalue weighted by atomic mass is 10.1. The van der Waals surface area contributed by atoms with Gasteiger partial charge >= 0.3 is 0 Å². The highest BCUT2D eigenvalue weighted by atomic mass is 32.1. The van der Waals surface area contributed by atoms with Crippen LogP contribution in [-0.2, 0) is 4.79 Å². The number of thiol groups is 1. The number of amides is 2. The lowest BCUT2D eigenvalue weighted by molar-refractivity contribution is -0.134. The molecular formula is C15H27N3O2S. The largest absolute Gasteiger partial charge is 0.341 e. The molecule has 0 aromatic carbocycles. The molecule has 0 bridgehead atoms. The zero-order chi connectivity index (χ0) is 15.2. The van der Waals surface area contributed by atoms with Crippen molar-refractivity contribution < 1.29 is 9.59 Å². The van der Waals surface area contributed by atoms with Gasteiger partial charge in [0, 0.05) is 26.2 Å². The van der Waals surface area contributed by atoms with E-state index in [1.54, 1.807) is 4.90 Å². The Morgan fingerprint density at radius 1 is 1.14 bits per heavy atom. The molecule has 120 valence electrons. The summed E-state index contributed by atoms with van der Waals surface area (Å²) in [5, 5.41) is -0.232. The second-order valence-electron chi connectivity index (χ2n) is 6.21. The third-order valence-corrected chi connectivity index (χ3v) is 4.77. The SMILES string of the molecule is CC1CN(C(=O)S)CCN(CCCN2CCCCC2)C1=O. The van der Waals surface area contributed by atoms with E-state index in [1.807, 2.05) is 11.8 Å². The summed E-state index contributed by atoms with van der Waals surface area (Å²) in [6, 6.07) is 0. The average Bonchev–Trinajstić information content (AvgIpc) is 2.62. The number of hydrogen-bond acceptors (Lipinski definition) is 3. The highest BCUT2D eigenvalue weighted by Gasteiger charge is 2.28. The van der Waals surface area contributed by atoms with E-state index in [0.29, 0.717) is 19.6 Å². The van der Waals surface area contributed by atoms with Crippen LogP contribution in [0, 0.1) is 5.92 Å². The Morgan fingerprint density at radius 2 is 1.86 bits per heavy atom. The van der Waals surface area contributed by atoms with Crippen LogP contribution in [0.25, 0.3) is 0 Å². The van der Waals surface area contributed by atoms with Crippen LogP contribution in [0.1, 0.15) is 32.6 Å². The van der Waals surface area contributed by atoms with Gasteiger partial charge in [0.15, 0.2) is 0 Å². The summed E-state index contributed by atoms with van der Waals surface area (Å²) in [6.45, 7) is 7.90. The van der Waals surface area contributed by atoms with Gasteiger partial charge in [0.1, 0.15) is 0 Å². The quantitative estimate of drug-likeness (QED) is 0.803. The van der Waals surface area contributed by atoms with E-state index in [-0.39, 0.29) is 17.1 Å². The van der Waals surface area contributed by atoms with E-state index >= 15 is 0 Å². The van der Waals surface area contributed by atoms with Crippen molar-refractivity contribution in [2.75, 3.05) is 45.8 Å². The van der Waals surface area contributed by atoms with E-state index in [4.69, 9.17) is 0 Å². The van der Waals surface area contributed by atoms with Crippen molar-refractivity contribution in [1.29, 1.82) is 0 Å². The molecule has 1 unspecified atom stereocenters. The number of likely N-dealkylation sites (tertiary alicyclic amines) is 1. The minimum Gasteiger partial charge on any atom is -0.341 e. The molecule has 0 aromatic rings. The van der Waals surface area contributed by atoms with Crippen molar-refractivity contribution in [3.63, 3.8) is 0 Å². The molecular weight excluding hydrogens is 286 g/mol. The fraction of sp³-hybridized carbons (Fsp3) is 0.867. The van der Waals surface area contributed by atoms with Gasteiger partial charge in [0.2, 0.25) is 5.91 Å². The second-order valence-corrected chi connectivity index (χ2v) is 6.59. The number of carbonyl (C=O) groups excluding carboxylic acids is 2. The molecule has 2 amide bonds. The summed E-state index contributed by atoms with van der Waals surface area (Å²) in [4.78, 5) is 29.8. The summed E-state index contributed by atoms with van der Waals surface area (Å²) < 4.78 is 0. The van der Waals surface area contributed by atoms with E-state index in [1.165, 1.54) is 32.4 Å². The van der Waals surface area contributed by atoms with Gasteiger partial charge in [-0.1, -0.05) is 26.0 Å². The van der Waals surface area contributed by atoms with Gasteiger partial charge in [0.25, 0.3) is 5.24 Å². The molecule has 0 aromatic heterocycles. The fourth-order valence-electron chi connectivity index (χ4n) is 3.23. The van der Waals surface area contributed by atoms with Crippen molar-refractivity contribution in [3.8, 4) is 0 Å².